The standard InChI is InChI=1S/C7H15NO/c1-6-4-5-9-7(2)8(6)3/h6-7H,4-5H2,1-3H3/t6-,7-/m0/s1. The van der Waals surface area contributed by atoms with Crippen LogP contribution in [0.3, 0.4) is 0 Å². The van der Waals surface area contributed by atoms with Crippen LogP contribution in [0.4, 0.5) is 0 Å². The van der Waals surface area contributed by atoms with E-state index in [1.165, 1.54) is 6.42 Å². The monoisotopic (exact) mass is 129 g/mol. The molecule has 0 aliphatic carbocycles. The number of rotatable bonds is 0. The fraction of sp³-hybridized carbons (Fsp3) is 1.00. The van der Waals surface area contributed by atoms with Crippen LogP contribution >= 0.6 is 0 Å². The quantitative estimate of drug-likeness (QED) is 0.485. The second kappa shape index (κ2) is 2.67. The highest BCUT2D eigenvalue weighted by atomic mass is 16.5. The molecule has 1 fully saturated rings. The predicted octanol–water partition coefficient (Wildman–Crippen LogP) is 1.07. The third kappa shape index (κ3) is 1.43. The Balaban J connectivity index is 2.41. The molecule has 2 nitrogen and oxygen atoms in total. The van der Waals surface area contributed by atoms with Crippen LogP contribution < -0.4 is 0 Å². The van der Waals surface area contributed by atoms with Gasteiger partial charge in [0.2, 0.25) is 0 Å². The van der Waals surface area contributed by atoms with E-state index >= 15 is 0 Å². The Morgan fingerprint density at radius 3 is 2.56 bits per heavy atom. The molecule has 54 valence electrons. The van der Waals surface area contributed by atoms with Crippen molar-refractivity contribution in [1.82, 2.24) is 4.90 Å². The second-order valence-corrected chi connectivity index (χ2v) is 2.77. The largest absolute Gasteiger partial charge is 0.363 e. The van der Waals surface area contributed by atoms with Gasteiger partial charge >= 0.3 is 0 Å². The van der Waals surface area contributed by atoms with E-state index in [1.807, 2.05) is 0 Å². The molecule has 1 saturated heterocycles. The predicted molar refractivity (Wildman–Crippen MR) is 37.3 cm³/mol. The van der Waals surface area contributed by atoms with Gasteiger partial charge in [-0.3, -0.25) is 4.90 Å². The zero-order chi connectivity index (χ0) is 6.85. The minimum Gasteiger partial charge on any atom is -0.363 e. The molecule has 0 bridgehead atoms. The number of nitrogens with zero attached hydrogens (tertiary/aromatic N) is 1. The first-order chi connectivity index (χ1) is 4.22. The molecule has 0 amide bonds. The van der Waals surface area contributed by atoms with Crippen molar-refractivity contribution in [2.75, 3.05) is 13.7 Å². The zero-order valence-corrected chi connectivity index (χ0v) is 6.42. The minimum absolute atomic E-state index is 0.314. The summed E-state index contributed by atoms with van der Waals surface area (Å²) in [4.78, 5) is 2.25. The van der Waals surface area contributed by atoms with Gasteiger partial charge < -0.3 is 4.74 Å². The van der Waals surface area contributed by atoms with E-state index in [4.69, 9.17) is 4.74 Å². The lowest BCUT2D eigenvalue weighted by Gasteiger charge is -2.35. The molecule has 0 N–H and O–H groups in total. The van der Waals surface area contributed by atoms with Crippen molar-refractivity contribution in [2.24, 2.45) is 0 Å². The van der Waals surface area contributed by atoms with E-state index in [1.54, 1.807) is 0 Å². The summed E-state index contributed by atoms with van der Waals surface area (Å²) in [5.41, 5.74) is 0. The molecule has 0 unspecified atom stereocenters. The molecule has 1 heterocycles. The van der Waals surface area contributed by atoms with Gasteiger partial charge in [0.05, 0.1) is 6.61 Å². The molecule has 1 aliphatic heterocycles. The smallest absolute Gasteiger partial charge is 0.107 e. The summed E-state index contributed by atoms with van der Waals surface area (Å²) in [6.45, 7) is 5.25. The maximum Gasteiger partial charge on any atom is 0.107 e. The topological polar surface area (TPSA) is 12.5 Å². The molecule has 0 radical (unpaired) electrons. The summed E-state index contributed by atoms with van der Waals surface area (Å²) in [7, 11) is 2.11. The Bertz CT molecular complexity index is 84.9. The first-order valence-electron chi connectivity index (χ1n) is 3.55. The summed E-state index contributed by atoms with van der Waals surface area (Å²) < 4.78 is 5.39. The summed E-state index contributed by atoms with van der Waals surface area (Å²) >= 11 is 0. The van der Waals surface area contributed by atoms with Gasteiger partial charge in [-0.2, -0.15) is 0 Å². The molecule has 0 saturated carbocycles. The Labute approximate surface area is 56.8 Å². The minimum atomic E-state index is 0.314. The average Bonchev–Trinajstić information content (AvgIpc) is 1.83. The SMILES string of the molecule is C[C@@H]1OCC[C@H](C)N1C. The van der Waals surface area contributed by atoms with Crippen molar-refractivity contribution in [3.8, 4) is 0 Å². The van der Waals surface area contributed by atoms with Crippen molar-refractivity contribution in [2.45, 2.75) is 32.5 Å². The van der Waals surface area contributed by atoms with Gasteiger partial charge in [0.1, 0.15) is 6.23 Å². The normalized spacial score (nSPS) is 39.0. The summed E-state index contributed by atoms with van der Waals surface area (Å²) in [6, 6.07) is 0.689. The van der Waals surface area contributed by atoms with Gasteiger partial charge in [-0.25, -0.2) is 0 Å². The highest BCUT2D eigenvalue weighted by Crippen LogP contribution is 2.13. The third-order valence-electron chi connectivity index (χ3n) is 2.16. The molecular formula is C7H15NO. The lowest BCUT2D eigenvalue weighted by Crippen LogP contribution is -2.43. The van der Waals surface area contributed by atoms with Crippen LogP contribution in [-0.4, -0.2) is 30.8 Å². The average molecular weight is 129 g/mol. The highest BCUT2D eigenvalue weighted by Gasteiger charge is 2.20. The van der Waals surface area contributed by atoms with Crippen molar-refractivity contribution in [3.63, 3.8) is 0 Å². The maximum absolute atomic E-state index is 5.39. The summed E-state index contributed by atoms with van der Waals surface area (Å²) in [6.07, 6.45) is 1.48. The van der Waals surface area contributed by atoms with E-state index in [0.29, 0.717) is 12.3 Å². The Hall–Kier alpha value is -0.0800. The van der Waals surface area contributed by atoms with Crippen LogP contribution in [0.15, 0.2) is 0 Å². The van der Waals surface area contributed by atoms with Gasteiger partial charge in [-0.1, -0.05) is 0 Å². The molecule has 1 aliphatic rings. The number of hydrogen-bond acceptors (Lipinski definition) is 2. The lowest BCUT2D eigenvalue weighted by atomic mass is 10.2. The molecule has 0 aromatic carbocycles. The van der Waals surface area contributed by atoms with Crippen molar-refractivity contribution >= 4 is 0 Å². The van der Waals surface area contributed by atoms with Crippen molar-refractivity contribution < 1.29 is 4.74 Å². The van der Waals surface area contributed by atoms with E-state index in [2.05, 4.69) is 25.8 Å². The van der Waals surface area contributed by atoms with Crippen LogP contribution in [0.25, 0.3) is 0 Å². The first kappa shape index (κ1) is 7.03. The van der Waals surface area contributed by atoms with Crippen LogP contribution in [0.2, 0.25) is 0 Å². The zero-order valence-electron chi connectivity index (χ0n) is 6.42. The summed E-state index contributed by atoms with van der Waals surface area (Å²) in [5, 5.41) is 0. The van der Waals surface area contributed by atoms with Crippen LogP contribution in [0.5, 0.6) is 0 Å². The van der Waals surface area contributed by atoms with Crippen LogP contribution in [0, 0.1) is 0 Å². The summed E-state index contributed by atoms with van der Waals surface area (Å²) in [5.74, 6) is 0. The Morgan fingerprint density at radius 2 is 2.11 bits per heavy atom. The van der Waals surface area contributed by atoms with E-state index in [-0.39, 0.29) is 0 Å². The van der Waals surface area contributed by atoms with Gasteiger partial charge in [-0.15, -0.1) is 0 Å². The van der Waals surface area contributed by atoms with Gasteiger partial charge in [0.25, 0.3) is 0 Å². The number of hydrogen-bond donors (Lipinski definition) is 0. The molecule has 9 heavy (non-hydrogen) atoms. The molecule has 0 aromatic rings. The Kier molecular flexibility index (Phi) is 2.09. The molecular weight excluding hydrogens is 114 g/mol. The van der Waals surface area contributed by atoms with E-state index in [0.717, 1.165) is 6.61 Å². The third-order valence-corrected chi connectivity index (χ3v) is 2.16. The van der Waals surface area contributed by atoms with Crippen LogP contribution in [-0.2, 0) is 4.74 Å². The maximum atomic E-state index is 5.39. The number of ether oxygens (including phenoxy) is 1. The first-order valence-corrected chi connectivity index (χ1v) is 3.55. The molecule has 0 aromatic heterocycles. The Morgan fingerprint density at radius 1 is 1.44 bits per heavy atom. The van der Waals surface area contributed by atoms with Gasteiger partial charge in [0, 0.05) is 6.04 Å². The lowest BCUT2D eigenvalue weighted by molar-refractivity contribution is -0.0946. The highest BCUT2D eigenvalue weighted by molar-refractivity contribution is 4.68. The van der Waals surface area contributed by atoms with Gasteiger partial charge in [-0.05, 0) is 27.3 Å². The molecule has 2 atom stereocenters. The molecule has 1 rings (SSSR count). The second-order valence-electron chi connectivity index (χ2n) is 2.77. The fourth-order valence-electron chi connectivity index (χ4n) is 1.09. The van der Waals surface area contributed by atoms with E-state index < -0.39 is 0 Å². The van der Waals surface area contributed by atoms with Crippen LogP contribution in [0.1, 0.15) is 20.3 Å². The molecule has 2 heteroatoms. The van der Waals surface area contributed by atoms with Crippen molar-refractivity contribution in [1.29, 1.82) is 0 Å². The van der Waals surface area contributed by atoms with Crippen molar-refractivity contribution in [3.05, 3.63) is 0 Å². The van der Waals surface area contributed by atoms with E-state index in [9.17, 15) is 0 Å². The fourth-order valence-corrected chi connectivity index (χ4v) is 1.09. The van der Waals surface area contributed by atoms with Gasteiger partial charge in [0.15, 0.2) is 0 Å². The molecule has 0 spiro atoms.